The van der Waals surface area contributed by atoms with Gasteiger partial charge in [0.2, 0.25) is 5.92 Å². The summed E-state index contributed by atoms with van der Waals surface area (Å²) in [5.74, 6) is -3.32. The van der Waals surface area contributed by atoms with Crippen LogP contribution < -0.4 is 4.90 Å². The molecule has 8 heteroatoms. The zero-order chi connectivity index (χ0) is 21.3. The van der Waals surface area contributed by atoms with Crippen LogP contribution in [0.3, 0.4) is 0 Å². The second kappa shape index (κ2) is 8.01. The number of hydrogen-bond acceptors (Lipinski definition) is 5. The lowest BCUT2D eigenvalue weighted by Crippen LogP contribution is -2.37. The van der Waals surface area contributed by atoms with E-state index in [1.54, 1.807) is 12.5 Å². The fourth-order valence-corrected chi connectivity index (χ4v) is 3.76. The third-order valence-electron chi connectivity index (χ3n) is 5.49. The minimum absolute atomic E-state index is 0.121. The summed E-state index contributed by atoms with van der Waals surface area (Å²) in [6.45, 7) is 1.95. The molecule has 1 fully saturated rings. The predicted octanol–water partition coefficient (Wildman–Crippen LogP) is 4.78. The summed E-state index contributed by atoms with van der Waals surface area (Å²) in [4.78, 5) is 22.5. The maximum absolute atomic E-state index is 13.3. The number of carboxylic acid groups (broad SMARTS) is 1. The number of carbonyl (C=O) groups is 1. The Hall–Kier alpha value is -3.03. The lowest BCUT2D eigenvalue weighted by atomic mass is 9.96. The predicted molar refractivity (Wildman–Crippen MR) is 109 cm³/mol. The topological polar surface area (TPSA) is 79.5 Å². The molecule has 0 amide bonds. The highest BCUT2D eigenvalue weighted by Gasteiger charge is 2.28. The summed E-state index contributed by atoms with van der Waals surface area (Å²) in [5, 5.41) is 10.2. The van der Waals surface area contributed by atoms with Gasteiger partial charge in [-0.1, -0.05) is 0 Å². The lowest BCUT2D eigenvalue weighted by Gasteiger charge is -2.32. The Kier molecular flexibility index (Phi) is 5.40. The van der Waals surface area contributed by atoms with Crippen LogP contribution in [0.2, 0.25) is 0 Å². The number of aryl methyl sites for hydroxylation is 1. The number of halogens is 2. The van der Waals surface area contributed by atoms with Crippen molar-refractivity contribution < 1.29 is 23.1 Å². The Balaban J connectivity index is 1.68. The van der Waals surface area contributed by atoms with E-state index in [0.717, 1.165) is 23.5 Å². The third-order valence-corrected chi connectivity index (χ3v) is 5.49. The maximum atomic E-state index is 13.3. The van der Waals surface area contributed by atoms with E-state index >= 15 is 0 Å². The van der Waals surface area contributed by atoms with Crippen molar-refractivity contribution in [1.29, 1.82) is 0 Å². The van der Waals surface area contributed by atoms with Crippen molar-refractivity contribution in [2.45, 2.75) is 38.5 Å². The van der Waals surface area contributed by atoms with Gasteiger partial charge in [0.25, 0.3) is 0 Å². The summed E-state index contributed by atoms with van der Waals surface area (Å²) in [5.41, 5.74) is 2.76. The number of benzene rings is 1. The van der Waals surface area contributed by atoms with Crippen LogP contribution in [0.15, 0.2) is 41.1 Å². The van der Waals surface area contributed by atoms with Crippen molar-refractivity contribution in [3.05, 3.63) is 42.4 Å². The molecule has 0 radical (unpaired) electrons. The molecule has 1 aliphatic heterocycles. The van der Waals surface area contributed by atoms with Crippen molar-refractivity contribution in [2.75, 3.05) is 18.0 Å². The first-order chi connectivity index (χ1) is 14.3. The summed E-state index contributed by atoms with van der Waals surface area (Å²) in [6, 6.07) is 7.57. The highest BCUT2D eigenvalue weighted by atomic mass is 19.3. The molecule has 6 nitrogen and oxygen atoms in total. The molecular weight excluding hydrogens is 392 g/mol. The molecule has 0 spiro atoms. The number of anilines is 1. The SMILES string of the molecule is CC(F)(F)CCc1cnc(-c2ccc3occc3c2)c(N2CCC(C(=O)O)CC2)n1. The van der Waals surface area contributed by atoms with Gasteiger partial charge < -0.3 is 14.4 Å². The van der Waals surface area contributed by atoms with E-state index in [1.807, 2.05) is 29.2 Å². The van der Waals surface area contributed by atoms with Gasteiger partial charge in [0.05, 0.1) is 17.9 Å². The largest absolute Gasteiger partial charge is 0.481 e. The maximum Gasteiger partial charge on any atom is 0.306 e. The molecular formula is C22H23F2N3O3. The molecule has 0 unspecified atom stereocenters. The van der Waals surface area contributed by atoms with Crippen LogP contribution in [0.25, 0.3) is 22.2 Å². The average molecular weight is 415 g/mol. The molecule has 1 aliphatic rings. The van der Waals surface area contributed by atoms with Gasteiger partial charge in [-0.3, -0.25) is 9.78 Å². The van der Waals surface area contributed by atoms with E-state index in [2.05, 4.69) is 9.97 Å². The molecule has 0 atom stereocenters. The van der Waals surface area contributed by atoms with E-state index in [0.29, 0.717) is 43.1 Å². The van der Waals surface area contributed by atoms with Gasteiger partial charge >= 0.3 is 5.97 Å². The number of aliphatic carboxylic acids is 1. The third kappa shape index (κ3) is 4.42. The monoisotopic (exact) mass is 415 g/mol. The number of hydrogen-bond donors (Lipinski definition) is 1. The van der Waals surface area contributed by atoms with E-state index in [4.69, 9.17) is 4.42 Å². The number of nitrogens with zero attached hydrogens (tertiary/aromatic N) is 3. The van der Waals surface area contributed by atoms with Crippen molar-refractivity contribution >= 4 is 22.8 Å². The molecule has 1 saturated heterocycles. The molecule has 1 N–H and O–H groups in total. The average Bonchev–Trinajstić information content (AvgIpc) is 3.19. The van der Waals surface area contributed by atoms with Crippen LogP contribution in [0.4, 0.5) is 14.6 Å². The number of aromatic nitrogens is 2. The lowest BCUT2D eigenvalue weighted by molar-refractivity contribution is -0.142. The fraction of sp³-hybridized carbons (Fsp3) is 0.409. The molecule has 158 valence electrons. The molecule has 4 rings (SSSR count). The van der Waals surface area contributed by atoms with Gasteiger partial charge in [-0.05, 0) is 50.5 Å². The Bertz CT molecular complexity index is 1050. The molecule has 1 aromatic carbocycles. The molecule has 3 heterocycles. The van der Waals surface area contributed by atoms with E-state index < -0.39 is 11.9 Å². The first-order valence-electron chi connectivity index (χ1n) is 9.99. The molecule has 30 heavy (non-hydrogen) atoms. The number of rotatable bonds is 6. The minimum Gasteiger partial charge on any atom is -0.481 e. The molecule has 0 aliphatic carbocycles. The Morgan fingerprint density at radius 3 is 2.77 bits per heavy atom. The Morgan fingerprint density at radius 1 is 1.30 bits per heavy atom. The molecule has 0 bridgehead atoms. The van der Waals surface area contributed by atoms with Gasteiger partial charge in [-0.25, -0.2) is 13.8 Å². The van der Waals surface area contributed by atoms with Crippen LogP contribution in [0.1, 0.15) is 31.9 Å². The zero-order valence-electron chi connectivity index (χ0n) is 16.6. The van der Waals surface area contributed by atoms with E-state index in [9.17, 15) is 18.7 Å². The van der Waals surface area contributed by atoms with Crippen LogP contribution in [-0.2, 0) is 11.2 Å². The van der Waals surface area contributed by atoms with Gasteiger partial charge in [0.1, 0.15) is 11.3 Å². The van der Waals surface area contributed by atoms with Crippen LogP contribution >= 0.6 is 0 Å². The molecule has 3 aromatic rings. The number of fused-ring (bicyclic) bond motifs is 1. The highest BCUT2D eigenvalue weighted by molar-refractivity contribution is 5.85. The standard InChI is InChI=1S/C22H23F2N3O3/c1-22(23,24)8-4-17-13-25-19(16-2-3-18-15(12-16)7-11-30-18)20(26-17)27-9-5-14(6-10-27)21(28)29/h2-3,7,11-14H,4-6,8-10H2,1H3,(H,28,29). The highest BCUT2D eigenvalue weighted by Crippen LogP contribution is 2.33. The number of furan rings is 1. The summed E-state index contributed by atoms with van der Waals surface area (Å²) in [6.07, 6.45) is 4.00. The summed E-state index contributed by atoms with van der Waals surface area (Å²) < 4.78 is 32.0. The number of carboxylic acids is 1. The van der Waals surface area contributed by atoms with Crippen molar-refractivity contribution in [1.82, 2.24) is 9.97 Å². The van der Waals surface area contributed by atoms with Gasteiger partial charge in [0.15, 0.2) is 5.82 Å². The number of alkyl halides is 2. The molecule has 0 saturated carbocycles. The van der Waals surface area contributed by atoms with Crippen LogP contribution in [0.5, 0.6) is 0 Å². The Morgan fingerprint density at radius 2 is 2.07 bits per heavy atom. The van der Waals surface area contributed by atoms with Crippen molar-refractivity contribution in [3.8, 4) is 11.3 Å². The van der Waals surface area contributed by atoms with Gasteiger partial charge in [-0.15, -0.1) is 0 Å². The van der Waals surface area contributed by atoms with E-state index in [1.165, 1.54) is 0 Å². The zero-order valence-corrected chi connectivity index (χ0v) is 16.6. The van der Waals surface area contributed by atoms with Gasteiger partial charge in [0, 0.05) is 36.7 Å². The first kappa shape index (κ1) is 20.3. The quantitative estimate of drug-likeness (QED) is 0.624. The van der Waals surface area contributed by atoms with Crippen LogP contribution in [0, 0.1) is 5.92 Å². The second-order valence-electron chi connectivity index (χ2n) is 7.88. The smallest absolute Gasteiger partial charge is 0.306 e. The normalized spacial score (nSPS) is 15.6. The van der Waals surface area contributed by atoms with Gasteiger partial charge in [-0.2, -0.15) is 0 Å². The van der Waals surface area contributed by atoms with Crippen molar-refractivity contribution in [3.63, 3.8) is 0 Å². The second-order valence-corrected chi connectivity index (χ2v) is 7.88. The number of piperidine rings is 1. The summed E-state index contributed by atoms with van der Waals surface area (Å²) in [7, 11) is 0. The fourth-order valence-electron chi connectivity index (χ4n) is 3.76. The minimum atomic E-state index is -2.77. The Labute approximate surface area is 172 Å². The first-order valence-corrected chi connectivity index (χ1v) is 9.99. The van der Waals surface area contributed by atoms with Crippen molar-refractivity contribution in [2.24, 2.45) is 5.92 Å². The summed E-state index contributed by atoms with van der Waals surface area (Å²) >= 11 is 0. The molecule has 2 aromatic heterocycles. The van der Waals surface area contributed by atoms with Crippen LogP contribution in [-0.4, -0.2) is 40.1 Å². The van der Waals surface area contributed by atoms with E-state index in [-0.39, 0.29) is 18.8 Å².